The number of allylic oxidation sites excluding steroid dienone is 2. The van der Waals surface area contributed by atoms with Gasteiger partial charge in [-0.2, -0.15) is 0 Å². The fourth-order valence-corrected chi connectivity index (χ4v) is 5.43. The molecule has 3 saturated heterocycles. The van der Waals surface area contributed by atoms with Gasteiger partial charge in [-0.15, -0.1) is 0 Å². The smallest absolute Gasteiger partial charge is 0.233 e. The summed E-state index contributed by atoms with van der Waals surface area (Å²) in [4.78, 5) is 41.0. The zero-order chi connectivity index (χ0) is 17.9. The second kappa shape index (κ2) is 5.89. The predicted molar refractivity (Wildman–Crippen MR) is 89.5 cm³/mol. The number of nitrogens with zero attached hydrogens (tertiary/aromatic N) is 2. The number of carbonyl (C=O) groups excluding carboxylic acids is 3. The summed E-state index contributed by atoms with van der Waals surface area (Å²) in [6, 6.07) is 0. The third-order valence-electron chi connectivity index (χ3n) is 6.80. The molecule has 5 aliphatic rings. The summed E-state index contributed by atoms with van der Waals surface area (Å²) >= 11 is 0. The van der Waals surface area contributed by atoms with E-state index in [9.17, 15) is 14.4 Å². The topological polar surface area (TPSA) is 76.2 Å². The zero-order valence-corrected chi connectivity index (χ0v) is 14.8. The summed E-state index contributed by atoms with van der Waals surface area (Å²) < 4.78 is 11.4. The van der Waals surface area contributed by atoms with Crippen molar-refractivity contribution in [3.63, 3.8) is 0 Å². The van der Waals surface area contributed by atoms with Gasteiger partial charge in [-0.1, -0.05) is 12.2 Å². The number of likely N-dealkylation sites (tertiary alicyclic amines) is 2. The molecule has 0 radical (unpaired) electrons. The number of hydrogen-bond acceptors (Lipinski definition) is 5. The summed E-state index contributed by atoms with van der Waals surface area (Å²) in [6.45, 7) is 2.64. The Hall–Kier alpha value is -1.73. The molecule has 2 bridgehead atoms. The van der Waals surface area contributed by atoms with Crippen LogP contribution in [0, 0.1) is 23.7 Å². The van der Waals surface area contributed by atoms with Crippen molar-refractivity contribution in [3.8, 4) is 0 Å². The summed E-state index contributed by atoms with van der Waals surface area (Å²) in [7, 11) is 0. The minimum absolute atomic E-state index is 0.00315. The molecule has 1 spiro atoms. The Balaban J connectivity index is 1.16. The van der Waals surface area contributed by atoms with Crippen molar-refractivity contribution in [2.24, 2.45) is 23.7 Å². The highest BCUT2D eigenvalue weighted by atomic mass is 16.7. The van der Waals surface area contributed by atoms with E-state index in [1.54, 1.807) is 4.90 Å². The molecule has 4 atom stereocenters. The molecule has 140 valence electrons. The van der Waals surface area contributed by atoms with Crippen LogP contribution in [0.3, 0.4) is 0 Å². The van der Waals surface area contributed by atoms with Crippen LogP contribution in [0.25, 0.3) is 0 Å². The van der Waals surface area contributed by atoms with Crippen LogP contribution < -0.4 is 0 Å². The summed E-state index contributed by atoms with van der Waals surface area (Å²) in [5.41, 5.74) is 0. The molecule has 3 aliphatic heterocycles. The molecule has 26 heavy (non-hydrogen) atoms. The van der Waals surface area contributed by atoms with Crippen LogP contribution in [0.2, 0.25) is 0 Å². The Kier molecular flexibility index (Phi) is 3.72. The number of imide groups is 1. The van der Waals surface area contributed by atoms with Crippen LogP contribution in [-0.4, -0.2) is 66.2 Å². The Morgan fingerprint density at radius 2 is 1.62 bits per heavy atom. The maximum Gasteiger partial charge on any atom is 0.233 e. The molecule has 5 rings (SSSR count). The van der Waals surface area contributed by atoms with Gasteiger partial charge in [-0.05, 0) is 18.3 Å². The zero-order valence-electron chi connectivity index (χ0n) is 14.8. The number of rotatable bonds is 3. The average Bonchev–Trinajstić information content (AvgIpc) is 3.40. The Bertz CT molecular complexity index is 643. The van der Waals surface area contributed by atoms with E-state index < -0.39 is 5.79 Å². The summed E-state index contributed by atoms with van der Waals surface area (Å²) in [6.07, 6.45) is 6.66. The van der Waals surface area contributed by atoms with Gasteiger partial charge in [-0.3, -0.25) is 19.3 Å². The van der Waals surface area contributed by atoms with Gasteiger partial charge in [0, 0.05) is 38.9 Å². The third kappa shape index (κ3) is 2.36. The van der Waals surface area contributed by atoms with E-state index in [0.717, 1.165) is 6.42 Å². The molecule has 0 aromatic carbocycles. The van der Waals surface area contributed by atoms with Gasteiger partial charge in [-0.25, -0.2) is 0 Å². The minimum atomic E-state index is -0.499. The van der Waals surface area contributed by atoms with Crippen LogP contribution >= 0.6 is 0 Å². The van der Waals surface area contributed by atoms with Gasteiger partial charge in [0.2, 0.25) is 17.7 Å². The molecule has 0 N–H and O–H groups in total. The first-order valence-electron chi connectivity index (χ1n) is 9.67. The van der Waals surface area contributed by atoms with Crippen LogP contribution in [0.4, 0.5) is 0 Å². The molecule has 1 saturated carbocycles. The normalized spacial score (nSPS) is 37.2. The van der Waals surface area contributed by atoms with Gasteiger partial charge in [0.15, 0.2) is 5.79 Å². The SMILES string of the molecule is O=C(CCN1C(=O)[C@@H]2[C@@H](C1=O)[C@H]1C=C[C@H]2C1)N1CCC2(CC1)OCCO2. The Labute approximate surface area is 152 Å². The minimum Gasteiger partial charge on any atom is -0.347 e. The first-order chi connectivity index (χ1) is 12.6. The van der Waals surface area contributed by atoms with Crippen LogP contribution in [0.5, 0.6) is 0 Å². The highest BCUT2D eigenvalue weighted by Gasteiger charge is 2.59. The maximum atomic E-state index is 12.7. The number of ether oxygens (including phenoxy) is 2. The monoisotopic (exact) mass is 360 g/mol. The van der Waals surface area contributed by atoms with Crippen molar-refractivity contribution < 1.29 is 23.9 Å². The number of amides is 3. The molecule has 4 fully saturated rings. The van der Waals surface area contributed by atoms with Gasteiger partial charge in [0.25, 0.3) is 0 Å². The van der Waals surface area contributed by atoms with Crippen molar-refractivity contribution in [2.45, 2.75) is 31.5 Å². The van der Waals surface area contributed by atoms with E-state index in [-0.39, 0.29) is 54.4 Å². The van der Waals surface area contributed by atoms with Crippen molar-refractivity contribution in [1.29, 1.82) is 0 Å². The van der Waals surface area contributed by atoms with E-state index in [1.807, 2.05) is 0 Å². The lowest BCUT2D eigenvalue weighted by atomic mass is 9.85. The summed E-state index contributed by atoms with van der Waals surface area (Å²) in [5, 5.41) is 0. The number of piperidine rings is 1. The molecule has 7 nitrogen and oxygen atoms in total. The number of carbonyl (C=O) groups is 3. The second-order valence-corrected chi connectivity index (χ2v) is 8.07. The highest BCUT2D eigenvalue weighted by Crippen LogP contribution is 2.52. The van der Waals surface area contributed by atoms with Crippen LogP contribution in [0.15, 0.2) is 12.2 Å². The van der Waals surface area contributed by atoms with E-state index in [0.29, 0.717) is 39.1 Å². The van der Waals surface area contributed by atoms with Crippen LogP contribution in [-0.2, 0) is 23.9 Å². The lowest BCUT2D eigenvalue weighted by Crippen LogP contribution is -2.48. The van der Waals surface area contributed by atoms with E-state index in [2.05, 4.69) is 12.2 Å². The van der Waals surface area contributed by atoms with Crippen molar-refractivity contribution in [3.05, 3.63) is 12.2 Å². The predicted octanol–water partition coefficient (Wildman–Crippen LogP) is 0.549. The lowest BCUT2D eigenvalue weighted by molar-refractivity contribution is -0.187. The highest BCUT2D eigenvalue weighted by molar-refractivity contribution is 6.06. The molecule has 2 aliphatic carbocycles. The third-order valence-corrected chi connectivity index (χ3v) is 6.80. The van der Waals surface area contributed by atoms with Gasteiger partial charge in [0.1, 0.15) is 0 Å². The van der Waals surface area contributed by atoms with Crippen LogP contribution in [0.1, 0.15) is 25.7 Å². The molecular formula is C19H24N2O5. The van der Waals surface area contributed by atoms with Crippen molar-refractivity contribution in [2.75, 3.05) is 32.8 Å². The van der Waals surface area contributed by atoms with Crippen molar-refractivity contribution >= 4 is 17.7 Å². The first-order valence-corrected chi connectivity index (χ1v) is 9.67. The number of fused-ring (bicyclic) bond motifs is 5. The first kappa shape index (κ1) is 16.4. The fourth-order valence-electron chi connectivity index (χ4n) is 5.43. The Morgan fingerprint density at radius 1 is 1.04 bits per heavy atom. The van der Waals surface area contributed by atoms with Gasteiger partial charge < -0.3 is 14.4 Å². The molecule has 7 heteroatoms. The molecule has 0 aromatic heterocycles. The van der Waals surface area contributed by atoms with E-state index in [1.165, 1.54) is 4.90 Å². The quantitative estimate of drug-likeness (QED) is 0.543. The van der Waals surface area contributed by atoms with Crippen molar-refractivity contribution in [1.82, 2.24) is 9.80 Å². The van der Waals surface area contributed by atoms with Gasteiger partial charge >= 0.3 is 0 Å². The summed E-state index contributed by atoms with van der Waals surface area (Å²) in [5.74, 6) is -0.583. The molecular weight excluding hydrogens is 336 g/mol. The fraction of sp³-hybridized carbons (Fsp3) is 0.737. The molecule has 3 amide bonds. The average molecular weight is 360 g/mol. The largest absolute Gasteiger partial charge is 0.347 e. The van der Waals surface area contributed by atoms with E-state index in [4.69, 9.17) is 9.47 Å². The Morgan fingerprint density at radius 3 is 2.19 bits per heavy atom. The lowest BCUT2D eigenvalue weighted by Gasteiger charge is -2.37. The maximum absolute atomic E-state index is 12.7. The van der Waals surface area contributed by atoms with Gasteiger partial charge in [0.05, 0.1) is 25.0 Å². The van der Waals surface area contributed by atoms with E-state index >= 15 is 0 Å². The second-order valence-electron chi connectivity index (χ2n) is 8.07. The standard InChI is InChI=1S/C19H24N2O5/c22-14(20-7-4-19(5-8-20)25-9-10-26-19)3-6-21-17(23)15-12-1-2-13(11-12)16(15)18(21)24/h1-2,12-13,15-16H,3-11H2/t12-,13-,15-,16-/m0/s1. The molecule has 0 aromatic rings. The number of hydrogen-bond donors (Lipinski definition) is 0. The molecule has 0 unspecified atom stereocenters. The molecule has 3 heterocycles.